The summed E-state index contributed by atoms with van der Waals surface area (Å²) in [4.78, 5) is 0.319. The maximum Gasteiger partial charge on any atom is 0.243 e. The zero-order valence-corrected chi connectivity index (χ0v) is 12.5. The molecule has 1 aromatic carbocycles. The Hall–Kier alpha value is -0.780. The molecule has 6 heteroatoms. The lowest BCUT2D eigenvalue weighted by Gasteiger charge is -2.21. The monoisotopic (exact) mass is 303 g/mol. The summed E-state index contributed by atoms with van der Waals surface area (Å²) in [6.07, 6.45) is 1.85. The number of hydrogen-bond acceptors (Lipinski definition) is 3. The minimum atomic E-state index is -3.37. The number of rotatable bonds is 5. The van der Waals surface area contributed by atoms with Gasteiger partial charge in [0.05, 0.1) is 10.8 Å². The SMILES string of the molecule is CC1CCCN1S(=O)(=O)c1ccc(OCCCl)cc1. The zero-order chi connectivity index (χ0) is 13.9. The second kappa shape index (κ2) is 6.11. The Labute approximate surface area is 119 Å². The van der Waals surface area contributed by atoms with Crippen LogP contribution in [0.5, 0.6) is 5.75 Å². The van der Waals surface area contributed by atoms with Crippen molar-refractivity contribution in [1.29, 1.82) is 0 Å². The Balaban J connectivity index is 2.16. The molecule has 1 fully saturated rings. The highest BCUT2D eigenvalue weighted by Crippen LogP contribution is 2.26. The third-order valence-electron chi connectivity index (χ3n) is 3.27. The normalized spacial score (nSPS) is 20.6. The molecule has 0 aromatic heterocycles. The molecule has 0 amide bonds. The van der Waals surface area contributed by atoms with Gasteiger partial charge in [-0.15, -0.1) is 11.6 Å². The van der Waals surface area contributed by atoms with Crippen molar-refractivity contribution in [2.24, 2.45) is 0 Å². The van der Waals surface area contributed by atoms with Gasteiger partial charge in [-0.25, -0.2) is 8.42 Å². The van der Waals surface area contributed by atoms with Gasteiger partial charge >= 0.3 is 0 Å². The highest BCUT2D eigenvalue weighted by molar-refractivity contribution is 7.89. The van der Waals surface area contributed by atoms with E-state index in [4.69, 9.17) is 16.3 Å². The summed E-state index contributed by atoms with van der Waals surface area (Å²) in [5.74, 6) is 1.04. The molecular formula is C13H18ClNO3S. The Morgan fingerprint density at radius 1 is 1.37 bits per heavy atom. The molecule has 1 aliphatic rings. The molecule has 1 saturated heterocycles. The Morgan fingerprint density at radius 2 is 2.05 bits per heavy atom. The number of benzene rings is 1. The van der Waals surface area contributed by atoms with Crippen LogP contribution in [0.15, 0.2) is 29.2 Å². The summed E-state index contributed by atoms with van der Waals surface area (Å²) in [5.41, 5.74) is 0. The van der Waals surface area contributed by atoms with Gasteiger partial charge in [-0.2, -0.15) is 4.31 Å². The molecule has 19 heavy (non-hydrogen) atoms. The third kappa shape index (κ3) is 3.22. The van der Waals surface area contributed by atoms with E-state index in [2.05, 4.69) is 0 Å². The first kappa shape index (κ1) is 14.6. The van der Waals surface area contributed by atoms with Crippen LogP contribution in [0.4, 0.5) is 0 Å². The molecule has 1 aromatic rings. The molecule has 1 atom stereocenters. The van der Waals surface area contributed by atoms with Crippen LogP contribution in [-0.4, -0.2) is 37.8 Å². The van der Waals surface area contributed by atoms with E-state index in [1.165, 1.54) is 0 Å². The third-order valence-corrected chi connectivity index (χ3v) is 5.45. The average molecular weight is 304 g/mol. The number of halogens is 1. The molecule has 1 unspecified atom stereocenters. The first-order valence-electron chi connectivity index (χ1n) is 6.36. The number of alkyl halides is 1. The van der Waals surface area contributed by atoms with Crippen LogP contribution >= 0.6 is 11.6 Å². The second-order valence-corrected chi connectivity index (χ2v) is 6.88. The molecule has 4 nitrogen and oxygen atoms in total. The van der Waals surface area contributed by atoms with Crippen molar-refractivity contribution < 1.29 is 13.2 Å². The lowest BCUT2D eigenvalue weighted by atomic mass is 10.3. The molecule has 2 rings (SSSR count). The maximum absolute atomic E-state index is 12.4. The zero-order valence-electron chi connectivity index (χ0n) is 10.9. The van der Waals surface area contributed by atoms with Crippen LogP contribution in [0, 0.1) is 0 Å². The summed E-state index contributed by atoms with van der Waals surface area (Å²) in [5, 5.41) is 0. The summed E-state index contributed by atoms with van der Waals surface area (Å²) < 4.78 is 31.8. The molecule has 106 valence electrons. The lowest BCUT2D eigenvalue weighted by molar-refractivity contribution is 0.342. The van der Waals surface area contributed by atoms with Crippen molar-refractivity contribution in [3.8, 4) is 5.75 Å². The molecule has 0 radical (unpaired) electrons. The number of hydrogen-bond donors (Lipinski definition) is 0. The first-order valence-corrected chi connectivity index (χ1v) is 8.34. The fourth-order valence-electron chi connectivity index (χ4n) is 2.26. The van der Waals surface area contributed by atoms with Crippen LogP contribution in [0.3, 0.4) is 0 Å². The fourth-order valence-corrected chi connectivity index (χ4v) is 4.04. The predicted octanol–water partition coefficient (Wildman–Crippen LogP) is 2.48. The van der Waals surface area contributed by atoms with Gasteiger partial charge in [-0.05, 0) is 44.0 Å². The van der Waals surface area contributed by atoms with Crippen molar-refractivity contribution in [1.82, 2.24) is 4.31 Å². The molecule has 0 spiro atoms. The maximum atomic E-state index is 12.4. The summed E-state index contributed by atoms with van der Waals surface area (Å²) >= 11 is 5.53. The van der Waals surface area contributed by atoms with Gasteiger partial charge in [0, 0.05) is 12.6 Å². The average Bonchev–Trinajstić information content (AvgIpc) is 2.84. The molecule has 0 saturated carbocycles. The Morgan fingerprint density at radius 3 is 2.58 bits per heavy atom. The molecule has 0 bridgehead atoms. The van der Waals surface area contributed by atoms with Crippen LogP contribution < -0.4 is 4.74 Å². The molecule has 1 aliphatic heterocycles. The molecular weight excluding hydrogens is 286 g/mol. The fraction of sp³-hybridized carbons (Fsp3) is 0.538. The van der Waals surface area contributed by atoms with Gasteiger partial charge in [0.2, 0.25) is 10.0 Å². The second-order valence-electron chi connectivity index (χ2n) is 4.62. The lowest BCUT2D eigenvalue weighted by Crippen LogP contribution is -2.33. The summed E-state index contributed by atoms with van der Waals surface area (Å²) in [7, 11) is -3.37. The number of ether oxygens (including phenoxy) is 1. The standard InChI is InChI=1S/C13H18ClNO3S/c1-11-3-2-9-15(11)19(16,17)13-6-4-12(5-7-13)18-10-8-14/h4-7,11H,2-3,8-10H2,1H3. The van der Waals surface area contributed by atoms with E-state index in [1.54, 1.807) is 28.6 Å². The molecule has 0 N–H and O–H groups in total. The van der Waals surface area contributed by atoms with Crippen LogP contribution in [-0.2, 0) is 10.0 Å². The van der Waals surface area contributed by atoms with Gasteiger partial charge in [-0.3, -0.25) is 0 Å². The quantitative estimate of drug-likeness (QED) is 0.785. The van der Waals surface area contributed by atoms with Crippen LogP contribution in [0.25, 0.3) is 0 Å². The largest absolute Gasteiger partial charge is 0.492 e. The van der Waals surface area contributed by atoms with E-state index in [1.807, 2.05) is 6.92 Å². The van der Waals surface area contributed by atoms with E-state index < -0.39 is 10.0 Å². The van der Waals surface area contributed by atoms with Gasteiger partial charge < -0.3 is 4.74 Å². The van der Waals surface area contributed by atoms with E-state index in [0.717, 1.165) is 12.8 Å². The first-order chi connectivity index (χ1) is 9.05. The molecule has 1 heterocycles. The van der Waals surface area contributed by atoms with E-state index in [-0.39, 0.29) is 6.04 Å². The van der Waals surface area contributed by atoms with Gasteiger partial charge in [-0.1, -0.05) is 0 Å². The van der Waals surface area contributed by atoms with Gasteiger partial charge in [0.15, 0.2) is 0 Å². The summed E-state index contributed by atoms with van der Waals surface area (Å²) in [6, 6.07) is 6.59. The molecule has 0 aliphatic carbocycles. The van der Waals surface area contributed by atoms with Crippen LogP contribution in [0.1, 0.15) is 19.8 Å². The van der Waals surface area contributed by atoms with Crippen molar-refractivity contribution in [3.63, 3.8) is 0 Å². The topological polar surface area (TPSA) is 46.6 Å². The minimum absolute atomic E-state index is 0.0807. The van der Waals surface area contributed by atoms with E-state index in [0.29, 0.717) is 29.7 Å². The van der Waals surface area contributed by atoms with Crippen molar-refractivity contribution in [2.75, 3.05) is 19.0 Å². The van der Waals surface area contributed by atoms with E-state index in [9.17, 15) is 8.42 Å². The van der Waals surface area contributed by atoms with Crippen molar-refractivity contribution >= 4 is 21.6 Å². The summed E-state index contributed by atoms with van der Waals surface area (Å²) in [6.45, 7) is 2.97. The van der Waals surface area contributed by atoms with Crippen molar-refractivity contribution in [2.45, 2.75) is 30.7 Å². The predicted molar refractivity (Wildman–Crippen MR) is 75.2 cm³/mol. The smallest absolute Gasteiger partial charge is 0.243 e. The van der Waals surface area contributed by atoms with Crippen LogP contribution in [0.2, 0.25) is 0 Å². The number of sulfonamides is 1. The Kier molecular flexibility index (Phi) is 4.71. The van der Waals surface area contributed by atoms with Crippen molar-refractivity contribution in [3.05, 3.63) is 24.3 Å². The minimum Gasteiger partial charge on any atom is -0.492 e. The highest BCUT2D eigenvalue weighted by Gasteiger charge is 2.32. The number of nitrogens with zero attached hydrogens (tertiary/aromatic N) is 1. The highest BCUT2D eigenvalue weighted by atomic mass is 35.5. The van der Waals surface area contributed by atoms with Gasteiger partial charge in [0.25, 0.3) is 0 Å². The van der Waals surface area contributed by atoms with Gasteiger partial charge in [0.1, 0.15) is 12.4 Å². The Bertz CT molecular complexity index is 515. The van der Waals surface area contributed by atoms with E-state index >= 15 is 0 Å².